The second-order valence-electron chi connectivity index (χ2n) is 9.85. The molecule has 1 aromatic carbocycles. The summed E-state index contributed by atoms with van der Waals surface area (Å²) in [6.07, 6.45) is 4.12. The average molecular weight is 495 g/mol. The molecule has 3 aromatic rings. The molecule has 1 saturated carbocycles. The summed E-state index contributed by atoms with van der Waals surface area (Å²) >= 11 is 0. The Morgan fingerprint density at radius 2 is 1.97 bits per heavy atom. The third-order valence-electron chi connectivity index (χ3n) is 7.00. The number of piperidine rings is 1. The first kappa shape index (κ1) is 24.2. The highest BCUT2D eigenvalue weighted by Crippen LogP contribution is 2.38. The lowest BCUT2D eigenvalue weighted by Crippen LogP contribution is -2.48. The first-order valence-corrected chi connectivity index (χ1v) is 12.5. The molecule has 1 atom stereocenters. The maximum absolute atomic E-state index is 14.3. The maximum atomic E-state index is 14.3. The number of aromatic amines is 1. The molecule has 2 aromatic heterocycles. The molecule has 0 bridgehead atoms. The highest BCUT2D eigenvalue weighted by atomic mass is 19.1. The minimum absolute atomic E-state index is 0.0891. The molecule has 1 saturated heterocycles. The van der Waals surface area contributed by atoms with Crippen molar-refractivity contribution < 1.29 is 23.8 Å². The fourth-order valence-electron chi connectivity index (χ4n) is 4.80. The number of hydrogen-bond donors (Lipinski definition) is 3. The van der Waals surface area contributed by atoms with E-state index in [1.165, 1.54) is 19.1 Å². The lowest BCUT2D eigenvalue weighted by molar-refractivity contribution is -0.140. The number of nitrogens with zero attached hydrogens (tertiary/aromatic N) is 2. The zero-order chi connectivity index (χ0) is 25.4. The summed E-state index contributed by atoms with van der Waals surface area (Å²) in [6.45, 7) is 4.84. The second kappa shape index (κ2) is 9.89. The van der Waals surface area contributed by atoms with Crippen LogP contribution in [0.5, 0.6) is 5.75 Å². The Morgan fingerprint density at radius 3 is 2.67 bits per heavy atom. The fourth-order valence-corrected chi connectivity index (χ4v) is 4.80. The van der Waals surface area contributed by atoms with E-state index in [4.69, 9.17) is 4.74 Å². The van der Waals surface area contributed by atoms with E-state index in [0.29, 0.717) is 72.1 Å². The number of likely N-dealkylation sites (tertiary alicyclic amines) is 1. The number of benzene rings is 1. The topological polar surface area (TPSA) is 108 Å². The molecule has 2 amide bonds. The van der Waals surface area contributed by atoms with Crippen LogP contribution in [0, 0.1) is 18.7 Å². The van der Waals surface area contributed by atoms with Crippen LogP contribution in [0.4, 0.5) is 4.39 Å². The average Bonchev–Trinajstić information content (AvgIpc) is 3.62. The molecule has 36 heavy (non-hydrogen) atoms. The molecule has 1 aliphatic heterocycles. The van der Waals surface area contributed by atoms with Crippen molar-refractivity contribution in [3.05, 3.63) is 47.5 Å². The summed E-state index contributed by atoms with van der Waals surface area (Å²) in [7, 11) is 0. The van der Waals surface area contributed by atoms with Crippen molar-refractivity contribution in [2.24, 2.45) is 5.92 Å². The van der Waals surface area contributed by atoms with Gasteiger partial charge in [-0.1, -0.05) is 0 Å². The van der Waals surface area contributed by atoms with Crippen LogP contribution in [0.1, 0.15) is 48.7 Å². The number of nitrogens with one attached hydrogen (secondary N) is 2. The van der Waals surface area contributed by atoms with Gasteiger partial charge in [-0.15, -0.1) is 0 Å². The molecule has 2 fully saturated rings. The van der Waals surface area contributed by atoms with Crippen LogP contribution in [0.3, 0.4) is 0 Å². The minimum atomic E-state index is -1.03. The number of carbonyl (C=O) groups excluding carboxylic acids is 2. The lowest BCUT2D eigenvalue weighted by atomic mass is 10.0. The van der Waals surface area contributed by atoms with Crippen molar-refractivity contribution >= 4 is 22.8 Å². The molecule has 3 heterocycles. The lowest BCUT2D eigenvalue weighted by Gasteiger charge is -2.33. The van der Waals surface area contributed by atoms with Gasteiger partial charge >= 0.3 is 0 Å². The summed E-state index contributed by atoms with van der Waals surface area (Å²) in [4.78, 5) is 34.7. The first-order valence-electron chi connectivity index (χ1n) is 12.5. The zero-order valence-corrected chi connectivity index (χ0v) is 20.5. The number of aliphatic hydroxyl groups is 1. The molecular weight excluding hydrogens is 463 g/mol. The quantitative estimate of drug-likeness (QED) is 0.466. The van der Waals surface area contributed by atoms with Gasteiger partial charge in [-0.05, 0) is 69.7 Å². The third kappa shape index (κ3) is 4.93. The van der Waals surface area contributed by atoms with Crippen molar-refractivity contribution in [2.75, 3.05) is 19.7 Å². The Labute approximate surface area is 208 Å². The summed E-state index contributed by atoms with van der Waals surface area (Å²) < 4.78 is 20.3. The van der Waals surface area contributed by atoms with Gasteiger partial charge < -0.3 is 25.0 Å². The van der Waals surface area contributed by atoms with Gasteiger partial charge in [-0.2, -0.15) is 0 Å². The molecule has 0 spiro atoms. The SMILES string of the molecule is Cc1[nH]c2c(-c3cc(F)ccc3OCC3CC3)ccnc2c1C(=O)NC1CCN(C(=O)[C@H](C)O)CC1. The number of pyridine rings is 1. The van der Waals surface area contributed by atoms with Crippen molar-refractivity contribution in [3.8, 4) is 16.9 Å². The molecule has 5 rings (SSSR count). The van der Waals surface area contributed by atoms with Gasteiger partial charge in [0.05, 0.1) is 17.7 Å². The van der Waals surface area contributed by atoms with E-state index in [9.17, 15) is 19.1 Å². The number of fused-ring (bicyclic) bond motifs is 1. The highest BCUT2D eigenvalue weighted by molar-refractivity contribution is 6.09. The summed E-state index contributed by atoms with van der Waals surface area (Å²) in [6, 6.07) is 6.21. The van der Waals surface area contributed by atoms with Gasteiger partial charge in [-0.25, -0.2) is 4.39 Å². The number of halogens is 1. The fraction of sp³-hybridized carbons (Fsp3) is 0.444. The summed E-state index contributed by atoms with van der Waals surface area (Å²) in [5.74, 6) is 0.262. The van der Waals surface area contributed by atoms with Gasteiger partial charge in [0.2, 0.25) is 0 Å². The van der Waals surface area contributed by atoms with Crippen molar-refractivity contribution in [1.29, 1.82) is 0 Å². The molecule has 0 unspecified atom stereocenters. The molecule has 9 heteroatoms. The van der Waals surface area contributed by atoms with Crippen LogP contribution in [-0.2, 0) is 4.79 Å². The van der Waals surface area contributed by atoms with Gasteiger partial charge in [0.1, 0.15) is 23.2 Å². The molecule has 190 valence electrons. The van der Waals surface area contributed by atoms with E-state index in [2.05, 4.69) is 15.3 Å². The third-order valence-corrected chi connectivity index (χ3v) is 7.00. The number of H-pyrrole nitrogens is 1. The van der Waals surface area contributed by atoms with E-state index < -0.39 is 6.10 Å². The molecule has 8 nitrogen and oxygen atoms in total. The number of amides is 2. The van der Waals surface area contributed by atoms with Crippen molar-refractivity contribution in [1.82, 2.24) is 20.2 Å². The van der Waals surface area contributed by atoms with E-state index >= 15 is 0 Å². The van der Waals surface area contributed by atoms with E-state index in [1.807, 2.05) is 6.92 Å². The predicted octanol–water partition coefficient (Wildman–Crippen LogP) is 3.57. The molecule has 0 radical (unpaired) electrons. The van der Waals surface area contributed by atoms with Crippen LogP contribution in [0.25, 0.3) is 22.2 Å². The van der Waals surface area contributed by atoms with E-state index in [0.717, 1.165) is 18.4 Å². The normalized spacial score (nSPS) is 17.3. The van der Waals surface area contributed by atoms with Gasteiger partial charge in [0, 0.05) is 42.1 Å². The summed E-state index contributed by atoms with van der Waals surface area (Å²) in [5.41, 5.74) is 3.62. The monoisotopic (exact) mass is 494 g/mol. The molecule has 3 N–H and O–H groups in total. The zero-order valence-electron chi connectivity index (χ0n) is 20.5. The smallest absolute Gasteiger partial charge is 0.255 e. The van der Waals surface area contributed by atoms with Crippen LogP contribution >= 0.6 is 0 Å². The number of ether oxygens (including phenoxy) is 1. The Kier molecular flexibility index (Phi) is 6.66. The van der Waals surface area contributed by atoms with Crippen LogP contribution in [-0.4, -0.2) is 63.6 Å². The number of rotatable bonds is 7. The Bertz CT molecular complexity index is 1290. The number of carbonyl (C=O) groups is 2. The van der Waals surface area contributed by atoms with Gasteiger partial charge in [-0.3, -0.25) is 14.6 Å². The molecule has 2 aliphatic rings. The summed E-state index contributed by atoms with van der Waals surface area (Å²) in [5, 5.41) is 12.6. The van der Waals surface area contributed by atoms with E-state index in [1.54, 1.807) is 23.2 Å². The van der Waals surface area contributed by atoms with Gasteiger partial charge in [0.15, 0.2) is 0 Å². The molecule has 1 aliphatic carbocycles. The number of hydrogen-bond acceptors (Lipinski definition) is 5. The Hall–Kier alpha value is -3.46. The van der Waals surface area contributed by atoms with Crippen molar-refractivity contribution in [2.45, 2.75) is 51.7 Å². The molecular formula is C27H31FN4O4. The highest BCUT2D eigenvalue weighted by Gasteiger charge is 2.28. The Balaban J connectivity index is 1.39. The standard InChI is InChI=1S/C27H31FN4O4/c1-15-23(26(34)31-19-8-11-32(12-9-19)27(35)16(2)33)25-24(30-15)20(7-10-29-25)21-13-18(28)5-6-22(21)36-14-17-3-4-17/h5-7,10,13,16-17,19,30,33H,3-4,8-9,11-12,14H2,1-2H3,(H,31,34)/t16-/m0/s1. The number of aromatic nitrogens is 2. The predicted molar refractivity (Wildman–Crippen MR) is 133 cm³/mol. The van der Waals surface area contributed by atoms with Crippen LogP contribution in [0.2, 0.25) is 0 Å². The number of aryl methyl sites for hydroxylation is 1. The van der Waals surface area contributed by atoms with Gasteiger partial charge in [0.25, 0.3) is 11.8 Å². The largest absolute Gasteiger partial charge is 0.493 e. The second-order valence-corrected chi connectivity index (χ2v) is 9.85. The van der Waals surface area contributed by atoms with Crippen LogP contribution < -0.4 is 10.1 Å². The number of aliphatic hydroxyl groups excluding tert-OH is 1. The van der Waals surface area contributed by atoms with Crippen LogP contribution in [0.15, 0.2) is 30.5 Å². The Morgan fingerprint density at radius 1 is 1.22 bits per heavy atom. The van der Waals surface area contributed by atoms with E-state index in [-0.39, 0.29) is 23.7 Å². The minimum Gasteiger partial charge on any atom is -0.493 e. The first-order chi connectivity index (χ1) is 17.3. The van der Waals surface area contributed by atoms with Crippen molar-refractivity contribution in [3.63, 3.8) is 0 Å². The maximum Gasteiger partial charge on any atom is 0.255 e.